The maximum Gasteiger partial charge on any atom is 0.326 e. The molecular weight excluding hydrogens is 708 g/mol. The van der Waals surface area contributed by atoms with Gasteiger partial charge in [-0.1, -0.05) is 0 Å². The van der Waals surface area contributed by atoms with Crippen LogP contribution in [0.5, 0.6) is 0 Å². The van der Waals surface area contributed by atoms with Gasteiger partial charge in [0.2, 0.25) is 17.8 Å². The van der Waals surface area contributed by atoms with E-state index < -0.39 is 65.0 Å². The third kappa shape index (κ3) is 13.5. The first kappa shape index (κ1) is 41.7. The van der Waals surface area contributed by atoms with Crippen molar-refractivity contribution < 1.29 is 39.0 Å². The Morgan fingerprint density at radius 2 is 1.65 bits per heavy atom. The number of nitrogens with two attached hydrogens (primary N) is 3. The number of carbonyl (C=O) groups excluding carboxylic acids is 4. The first-order valence-corrected chi connectivity index (χ1v) is 16.8. The van der Waals surface area contributed by atoms with Crippen molar-refractivity contribution in [3.05, 3.63) is 52.1 Å². The molecule has 2 aromatic heterocycles. The van der Waals surface area contributed by atoms with Gasteiger partial charge in [0.1, 0.15) is 6.04 Å². The van der Waals surface area contributed by atoms with Crippen LogP contribution in [-0.4, -0.2) is 96.2 Å². The number of carbonyl (C=O) groups is 6. The van der Waals surface area contributed by atoms with Gasteiger partial charge in [-0.05, 0) is 57.4 Å². The molecule has 0 bridgehead atoms. The van der Waals surface area contributed by atoms with E-state index in [1.807, 2.05) is 0 Å². The summed E-state index contributed by atoms with van der Waals surface area (Å²) in [6.45, 7) is 3.31. The number of nitrogens with zero attached hydrogens (tertiary/aromatic N) is 4. The zero-order valence-corrected chi connectivity index (χ0v) is 29.6. The Morgan fingerprint density at radius 3 is 2.30 bits per heavy atom. The van der Waals surface area contributed by atoms with Gasteiger partial charge in [0.05, 0.1) is 30.9 Å². The largest absolute Gasteiger partial charge is 0.481 e. The maximum atomic E-state index is 13.0. The minimum Gasteiger partial charge on any atom is -0.481 e. The number of carboxylic acid groups (broad SMARTS) is 2. The summed E-state index contributed by atoms with van der Waals surface area (Å²) < 4.78 is 0. The summed E-state index contributed by atoms with van der Waals surface area (Å²) >= 11 is 0. The highest BCUT2D eigenvalue weighted by Crippen LogP contribution is 2.16. The number of nitrogen functional groups attached to an aromatic ring is 1. The van der Waals surface area contributed by atoms with Crippen molar-refractivity contribution in [3.8, 4) is 0 Å². The molecule has 0 fully saturated rings. The number of fused-ring (bicyclic) bond motifs is 1. The number of aliphatic imine (C=N–C) groups is 1. The Balaban J connectivity index is 1.51. The van der Waals surface area contributed by atoms with E-state index in [4.69, 9.17) is 22.3 Å². The van der Waals surface area contributed by atoms with E-state index in [-0.39, 0.29) is 73.8 Å². The van der Waals surface area contributed by atoms with Crippen molar-refractivity contribution >= 4 is 64.2 Å². The number of amides is 3. The van der Waals surface area contributed by atoms with E-state index in [1.165, 1.54) is 32.2 Å². The SMILES string of the molecule is C[C@H](CC(=O)O)NC(=O)[C@H](CCCN=C(N)N)CC(=O)[C@H](C)NC(=O)CC[C@H](NC(=O)c1ccc(NCc2cnc3nc(N)[nH]c(=O)c3n2)cc1)C(=O)O. The number of ketones is 1. The van der Waals surface area contributed by atoms with Crippen LogP contribution >= 0.6 is 0 Å². The number of anilines is 2. The molecule has 0 saturated carbocycles. The van der Waals surface area contributed by atoms with Gasteiger partial charge in [-0.3, -0.25) is 38.7 Å². The summed E-state index contributed by atoms with van der Waals surface area (Å²) in [6.07, 6.45) is 0.749. The highest BCUT2D eigenvalue weighted by Gasteiger charge is 2.27. The quantitative estimate of drug-likeness (QED) is 0.0354. The van der Waals surface area contributed by atoms with Gasteiger partial charge in [0.25, 0.3) is 11.5 Å². The van der Waals surface area contributed by atoms with Gasteiger partial charge in [0, 0.05) is 42.6 Å². The molecule has 21 heteroatoms. The summed E-state index contributed by atoms with van der Waals surface area (Å²) in [5.74, 6) is -5.94. The van der Waals surface area contributed by atoms with Gasteiger partial charge in [-0.15, -0.1) is 0 Å². The van der Waals surface area contributed by atoms with Crippen molar-refractivity contribution in [3.63, 3.8) is 0 Å². The number of benzene rings is 1. The van der Waals surface area contributed by atoms with E-state index >= 15 is 0 Å². The van der Waals surface area contributed by atoms with Crippen LogP contribution in [0.25, 0.3) is 11.2 Å². The highest BCUT2D eigenvalue weighted by molar-refractivity contribution is 5.97. The van der Waals surface area contributed by atoms with Crippen LogP contribution in [0.3, 0.4) is 0 Å². The molecule has 2 heterocycles. The smallest absolute Gasteiger partial charge is 0.326 e. The van der Waals surface area contributed by atoms with E-state index in [9.17, 15) is 38.7 Å². The maximum absolute atomic E-state index is 13.0. The molecule has 0 spiro atoms. The van der Waals surface area contributed by atoms with Gasteiger partial charge < -0.3 is 48.7 Å². The van der Waals surface area contributed by atoms with Crippen LogP contribution in [0.15, 0.2) is 40.2 Å². The molecule has 3 aromatic rings. The minimum absolute atomic E-state index is 0.0223. The number of nitrogens with one attached hydrogen (secondary N) is 5. The Kier molecular flexibility index (Phi) is 15.3. The van der Waals surface area contributed by atoms with Crippen molar-refractivity contribution in [1.82, 2.24) is 35.9 Å². The second kappa shape index (κ2) is 19.8. The second-order valence-electron chi connectivity index (χ2n) is 12.4. The van der Waals surface area contributed by atoms with E-state index in [0.29, 0.717) is 17.8 Å². The molecule has 0 aliphatic rings. The Hall–Kier alpha value is -6.67. The molecule has 13 N–H and O–H groups in total. The summed E-state index contributed by atoms with van der Waals surface area (Å²) in [5, 5.41) is 29.3. The number of carboxylic acids is 2. The molecule has 290 valence electrons. The van der Waals surface area contributed by atoms with Crippen molar-refractivity contribution in [2.45, 2.75) is 77.0 Å². The van der Waals surface area contributed by atoms with Crippen LogP contribution in [0.4, 0.5) is 11.6 Å². The molecule has 3 amide bonds. The number of hydrogen-bond donors (Lipinski definition) is 10. The third-order valence-corrected chi connectivity index (χ3v) is 7.92. The fourth-order valence-corrected chi connectivity index (χ4v) is 5.12. The number of Topliss-reactive ketones (excluding diaryl/α,β-unsaturated/α-hetero) is 1. The highest BCUT2D eigenvalue weighted by atomic mass is 16.4. The van der Waals surface area contributed by atoms with Gasteiger partial charge in [-0.25, -0.2) is 14.8 Å². The lowest BCUT2D eigenvalue weighted by molar-refractivity contribution is -0.140. The Labute approximate surface area is 308 Å². The molecule has 54 heavy (non-hydrogen) atoms. The zero-order valence-electron chi connectivity index (χ0n) is 29.6. The number of H-pyrrole nitrogens is 1. The molecule has 3 rings (SSSR count). The molecule has 0 aliphatic carbocycles. The molecule has 0 radical (unpaired) electrons. The number of aliphatic carboxylic acids is 2. The second-order valence-corrected chi connectivity index (χ2v) is 12.4. The van der Waals surface area contributed by atoms with Crippen molar-refractivity contribution in [2.75, 3.05) is 17.6 Å². The summed E-state index contributed by atoms with van der Waals surface area (Å²) in [5.41, 5.74) is 16.9. The first-order valence-electron chi connectivity index (χ1n) is 16.8. The molecule has 0 aliphatic heterocycles. The summed E-state index contributed by atoms with van der Waals surface area (Å²) in [6, 6.07) is 2.90. The lowest BCUT2D eigenvalue weighted by Gasteiger charge is -2.21. The Bertz CT molecular complexity index is 1930. The Morgan fingerprint density at radius 1 is 0.944 bits per heavy atom. The van der Waals surface area contributed by atoms with Crippen molar-refractivity contribution in [2.24, 2.45) is 22.4 Å². The number of rotatable bonds is 21. The zero-order chi connectivity index (χ0) is 39.9. The number of hydrogen-bond acceptors (Lipinski definition) is 13. The van der Waals surface area contributed by atoms with Crippen LogP contribution in [0, 0.1) is 5.92 Å². The van der Waals surface area contributed by atoms with Gasteiger partial charge in [-0.2, -0.15) is 4.98 Å². The summed E-state index contributed by atoms with van der Waals surface area (Å²) in [4.78, 5) is 105. The minimum atomic E-state index is -1.43. The van der Waals surface area contributed by atoms with Crippen LogP contribution in [-0.2, 0) is 30.5 Å². The van der Waals surface area contributed by atoms with E-state index in [2.05, 4.69) is 46.2 Å². The molecule has 4 atom stereocenters. The van der Waals surface area contributed by atoms with Crippen LogP contribution in [0.2, 0.25) is 0 Å². The fourth-order valence-electron chi connectivity index (χ4n) is 5.12. The van der Waals surface area contributed by atoms with E-state index in [1.54, 1.807) is 12.1 Å². The topological polar surface area (TPSA) is 353 Å². The van der Waals surface area contributed by atoms with Gasteiger partial charge >= 0.3 is 11.9 Å². The first-order chi connectivity index (χ1) is 25.5. The molecule has 21 nitrogen and oxygen atoms in total. The van der Waals surface area contributed by atoms with Gasteiger partial charge in [0.15, 0.2) is 22.9 Å². The number of aromatic amines is 1. The lowest BCUT2D eigenvalue weighted by atomic mass is 9.93. The van der Waals surface area contributed by atoms with Crippen LogP contribution in [0.1, 0.15) is 68.4 Å². The molecule has 0 unspecified atom stereocenters. The standard InChI is InChI=1S/C33H44N12O9/c1-16(12-25(48)49)40-29(51)19(4-3-11-37-32(34)35)13-23(46)17(2)41-24(47)10-9-22(31(53)54)43-28(50)18-5-7-20(8-6-18)38-14-21-15-39-27-26(42-21)30(52)45-33(36)44-27/h5-8,15-17,19,22,38H,3-4,9-14H2,1-2H3,(H,40,51)(H,41,47)(H,43,50)(H,48,49)(H,53,54)(H4,34,35,37)(H3,36,39,44,45,52)/t16-,17+,19-,22+/m1/s1. The van der Waals surface area contributed by atoms with Crippen LogP contribution < -0.4 is 44.0 Å². The normalized spacial score (nSPS) is 13.1. The average molecular weight is 753 g/mol. The summed E-state index contributed by atoms with van der Waals surface area (Å²) in [7, 11) is 0. The molecule has 0 saturated heterocycles. The van der Waals surface area contributed by atoms with Crippen molar-refractivity contribution in [1.29, 1.82) is 0 Å². The fraction of sp³-hybridized carbons (Fsp3) is 0.424. The molecule has 1 aromatic carbocycles. The van der Waals surface area contributed by atoms with E-state index in [0.717, 1.165) is 0 Å². The number of guanidine groups is 1. The third-order valence-electron chi connectivity index (χ3n) is 7.92. The monoisotopic (exact) mass is 752 g/mol. The predicted molar refractivity (Wildman–Crippen MR) is 195 cm³/mol. The lowest BCUT2D eigenvalue weighted by Crippen LogP contribution is -2.44. The number of aromatic nitrogens is 4. The predicted octanol–water partition coefficient (Wildman–Crippen LogP) is -1.02. The molecular formula is C33H44N12O9. The average Bonchev–Trinajstić information content (AvgIpc) is 3.09.